The minimum Gasteiger partial charge on any atom is -0.327 e. The maximum absolute atomic E-state index is 11.7. The number of imidazole rings is 1. The topological polar surface area (TPSA) is 38.1 Å². The molecule has 0 spiro atoms. The Labute approximate surface area is 174 Å². The predicted molar refractivity (Wildman–Crippen MR) is 118 cm³/mol. The molecular formula is C22H27ClN3OS+. The summed E-state index contributed by atoms with van der Waals surface area (Å²) in [7, 11) is -1.32. The van der Waals surface area contributed by atoms with Crippen molar-refractivity contribution in [1.82, 2.24) is 14.5 Å². The van der Waals surface area contributed by atoms with E-state index in [4.69, 9.17) is 11.6 Å². The Kier molecular flexibility index (Phi) is 6.14. The zero-order valence-corrected chi connectivity index (χ0v) is 17.8. The molecule has 1 aromatic heterocycles. The van der Waals surface area contributed by atoms with Gasteiger partial charge in [-0.25, -0.2) is 4.98 Å². The number of alkyl halides is 1. The summed E-state index contributed by atoms with van der Waals surface area (Å²) < 4.78 is 14.0. The molecule has 28 heavy (non-hydrogen) atoms. The maximum Gasteiger partial charge on any atom is 0.157 e. The highest BCUT2D eigenvalue weighted by atomic mass is 35.5. The number of benzene rings is 2. The molecule has 0 saturated carbocycles. The zero-order chi connectivity index (χ0) is 19.5. The SMILES string of the molecule is C[SH+](=O)c1ccc2c(c1)ncn2C1CCN(CCC(Cl)c2ccccc2)CC1. The predicted octanol–water partition coefficient (Wildman–Crippen LogP) is 4.73. The standard InChI is InChI=1S/C22H26ClN3OS/c1-28(27)19-7-8-22-21(15-19)24-16-26(22)18-9-12-25(13-10-18)14-11-20(23)17-5-3-2-4-6-17/h2-8,15-16,18,20H,9-14H2,1H3/p+1. The molecule has 0 amide bonds. The summed E-state index contributed by atoms with van der Waals surface area (Å²) in [6.07, 6.45) is 6.90. The maximum atomic E-state index is 11.7. The van der Waals surface area contributed by atoms with Crippen LogP contribution in [0.25, 0.3) is 11.0 Å². The third-order valence-electron chi connectivity index (χ3n) is 5.73. The summed E-state index contributed by atoms with van der Waals surface area (Å²) in [5.41, 5.74) is 3.29. The zero-order valence-electron chi connectivity index (χ0n) is 16.2. The normalized spacial score (nSPS) is 18.4. The summed E-state index contributed by atoms with van der Waals surface area (Å²) >= 11 is 6.58. The average Bonchev–Trinajstić information content (AvgIpc) is 3.16. The van der Waals surface area contributed by atoms with Crippen LogP contribution in [0.1, 0.15) is 36.2 Å². The molecule has 4 rings (SSSR count). The molecule has 2 heterocycles. The van der Waals surface area contributed by atoms with Gasteiger partial charge in [-0.15, -0.1) is 15.8 Å². The van der Waals surface area contributed by atoms with Crippen molar-refractivity contribution in [1.29, 1.82) is 0 Å². The van der Waals surface area contributed by atoms with Crippen molar-refractivity contribution in [3.05, 3.63) is 60.4 Å². The summed E-state index contributed by atoms with van der Waals surface area (Å²) in [5, 5.41) is 0.0794. The smallest absolute Gasteiger partial charge is 0.157 e. The molecular weight excluding hydrogens is 390 g/mol. The molecule has 0 aliphatic carbocycles. The van der Waals surface area contributed by atoms with Gasteiger partial charge in [0.05, 0.1) is 22.7 Å². The molecule has 2 unspecified atom stereocenters. The average molecular weight is 417 g/mol. The quantitative estimate of drug-likeness (QED) is 0.331. The van der Waals surface area contributed by atoms with Crippen molar-refractivity contribution in [2.45, 2.75) is 35.6 Å². The number of halogens is 1. The van der Waals surface area contributed by atoms with Crippen LogP contribution in [0.3, 0.4) is 0 Å². The van der Waals surface area contributed by atoms with Crippen LogP contribution in [0, 0.1) is 0 Å². The van der Waals surface area contributed by atoms with E-state index in [1.165, 1.54) is 5.56 Å². The van der Waals surface area contributed by atoms with E-state index in [1.54, 1.807) is 6.26 Å². The Balaban J connectivity index is 1.34. The van der Waals surface area contributed by atoms with Crippen LogP contribution in [-0.2, 0) is 15.0 Å². The third kappa shape index (κ3) is 4.32. The fourth-order valence-electron chi connectivity index (χ4n) is 4.05. The Morgan fingerprint density at radius 1 is 1.18 bits per heavy atom. The third-order valence-corrected chi connectivity index (χ3v) is 7.21. The van der Waals surface area contributed by atoms with Crippen molar-refractivity contribution in [2.75, 3.05) is 25.9 Å². The van der Waals surface area contributed by atoms with Gasteiger partial charge in [0.2, 0.25) is 0 Å². The van der Waals surface area contributed by atoms with E-state index in [1.807, 2.05) is 36.7 Å². The van der Waals surface area contributed by atoms with Crippen molar-refractivity contribution < 1.29 is 4.21 Å². The van der Waals surface area contributed by atoms with E-state index in [9.17, 15) is 4.21 Å². The number of hydrogen-bond donors (Lipinski definition) is 0. The molecule has 1 fully saturated rings. The van der Waals surface area contributed by atoms with E-state index in [2.05, 4.69) is 32.7 Å². The number of fused-ring (bicyclic) bond motifs is 1. The summed E-state index contributed by atoms with van der Waals surface area (Å²) in [6, 6.07) is 16.8. The first-order chi connectivity index (χ1) is 13.6. The van der Waals surface area contributed by atoms with Gasteiger partial charge in [-0.3, -0.25) is 0 Å². The number of rotatable bonds is 6. The fraction of sp³-hybridized carbons (Fsp3) is 0.409. The van der Waals surface area contributed by atoms with Crippen molar-refractivity contribution in [3.63, 3.8) is 0 Å². The van der Waals surface area contributed by atoms with Crippen LogP contribution >= 0.6 is 11.6 Å². The highest BCUT2D eigenvalue weighted by Gasteiger charge is 2.22. The van der Waals surface area contributed by atoms with Crippen molar-refractivity contribution in [2.24, 2.45) is 0 Å². The monoisotopic (exact) mass is 416 g/mol. The molecule has 0 bridgehead atoms. The van der Waals surface area contributed by atoms with E-state index in [0.717, 1.165) is 54.8 Å². The van der Waals surface area contributed by atoms with E-state index in [0.29, 0.717) is 6.04 Å². The number of hydrogen-bond acceptors (Lipinski definition) is 3. The Morgan fingerprint density at radius 2 is 1.93 bits per heavy atom. The Bertz CT molecular complexity index is 951. The number of nitrogens with zero attached hydrogens (tertiary/aromatic N) is 3. The second kappa shape index (κ2) is 8.76. The van der Waals surface area contributed by atoms with Crippen molar-refractivity contribution >= 4 is 33.4 Å². The Hall–Kier alpha value is -1.69. The fourth-order valence-corrected chi connectivity index (χ4v) is 4.88. The largest absolute Gasteiger partial charge is 0.327 e. The van der Waals surface area contributed by atoms with Gasteiger partial charge in [0.15, 0.2) is 4.90 Å². The molecule has 0 radical (unpaired) electrons. The van der Waals surface area contributed by atoms with Gasteiger partial charge in [0.25, 0.3) is 0 Å². The summed E-state index contributed by atoms with van der Waals surface area (Å²) in [6.45, 7) is 3.21. The molecule has 1 saturated heterocycles. The van der Waals surface area contributed by atoms with Gasteiger partial charge >= 0.3 is 0 Å². The lowest BCUT2D eigenvalue weighted by atomic mass is 10.0. The minimum atomic E-state index is -1.32. The van der Waals surface area contributed by atoms with Crippen LogP contribution in [-0.4, -0.2) is 40.3 Å². The van der Waals surface area contributed by atoms with Crippen LogP contribution in [0.5, 0.6) is 0 Å². The lowest BCUT2D eigenvalue weighted by molar-refractivity contribution is 0.186. The van der Waals surface area contributed by atoms with Crippen molar-refractivity contribution in [3.8, 4) is 0 Å². The van der Waals surface area contributed by atoms with E-state index >= 15 is 0 Å². The van der Waals surface area contributed by atoms with Crippen LogP contribution in [0.2, 0.25) is 0 Å². The van der Waals surface area contributed by atoms with Crippen LogP contribution in [0.4, 0.5) is 0 Å². The first-order valence-corrected chi connectivity index (χ1v) is 12.0. The van der Waals surface area contributed by atoms with Gasteiger partial charge < -0.3 is 9.47 Å². The first-order valence-electron chi connectivity index (χ1n) is 9.90. The molecule has 6 heteroatoms. The van der Waals surface area contributed by atoms with Gasteiger partial charge in [-0.2, -0.15) is 0 Å². The second-order valence-corrected chi connectivity index (χ2v) is 9.60. The highest BCUT2D eigenvalue weighted by Crippen LogP contribution is 2.29. The second-order valence-electron chi connectivity index (χ2n) is 7.56. The number of piperidine rings is 1. The number of likely N-dealkylation sites (tertiary alicyclic amines) is 1. The molecule has 148 valence electrons. The molecule has 2 aromatic carbocycles. The van der Waals surface area contributed by atoms with E-state index in [-0.39, 0.29) is 5.38 Å². The van der Waals surface area contributed by atoms with Gasteiger partial charge in [0, 0.05) is 25.2 Å². The van der Waals surface area contributed by atoms with Gasteiger partial charge in [-0.05, 0) is 43.5 Å². The molecule has 2 atom stereocenters. The summed E-state index contributed by atoms with van der Waals surface area (Å²) in [5.74, 6) is 0. The molecule has 0 N–H and O–H groups in total. The lowest BCUT2D eigenvalue weighted by Crippen LogP contribution is -2.35. The highest BCUT2D eigenvalue weighted by molar-refractivity contribution is 7.84. The van der Waals surface area contributed by atoms with Gasteiger partial charge in [-0.1, -0.05) is 30.3 Å². The van der Waals surface area contributed by atoms with E-state index < -0.39 is 10.8 Å². The summed E-state index contributed by atoms with van der Waals surface area (Å²) in [4.78, 5) is 7.95. The molecule has 1 aliphatic heterocycles. The molecule has 4 nitrogen and oxygen atoms in total. The number of aromatic nitrogens is 2. The van der Waals surface area contributed by atoms with Crippen LogP contribution < -0.4 is 0 Å². The molecule has 1 aliphatic rings. The molecule has 3 aromatic rings. The van der Waals surface area contributed by atoms with Crippen LogP contribution in [0.15, 0.2) is 59.8 Å². The minimum absolute atomic E-state index is 0.0794. The Morgan fingerprint density at radius 3 is 2.64 bits per heavy atom. The first kappa shape index (κ1) is 19.6. The van der Waals surface area contributed by atoms with Gasteiger partial charge in [0.1, 0.15) is 17.1 Å². The number of thiol groups is 1. The lowest BCUT2D eigenvalue weighted by Gasteiger charge is -2.33.